The summed E-state index contributed by atoms with van der Waals surface area (Å²) >= 11 is 0. The van der Waals surface area contributed by atoms with Crippen LogP contribution < -0.4 is 0 Å². The first-order chi connectivity index (χ1) is 11.0. The highest BCUT2D eigenvalue weighted by Crippen LogP contribution is 2.30. The van der Waals surface area contributed by atoms with Crippen molar-refractivity contribution in [2.45, 2.75) is 77.7 Å². The molecule has 0 aliphatic rings. The zero-order valence-electron chi connectivity index (χ0n) is 15.0. The average Bonchev–Trinajstić information content (AvgIpc) is 2.60. The lowest BCUT2D eigenvalue weighted by Gasteiger charge is -2.30. The number of unbranched alkanes of at least 4 members (excludes halogenated alkanes) is 3. The molecule has 23 heavy (non-hydrogen) atoms. The Labute approximate surface area is 141 Å². The Morgan fingerprint density at radius 3 is 1.61 bits per heavy atom. The Bertz CT molecular complexity index is 258. The molecule has 0 saturated heterocycles. The van der Waals surface area contributed by atoms with Crippen LogP contribution in [0, 0.1) is 10.8 Å². The van der Waals surface area contributed by atoms with Crippen molar-refractivity contribution in [1.29, 1.82) is 0 Å². The van der Waals surface area contributed by atoms with Crippen LogP contribution in [0.5, 0.6) is 0 Å². The molecule has 0 aromatic rings. The monoisotopic (exact) mass is 334 g/mol. The van der Waals surface area contributed by atoms with Gasteiger partial charge in [-0.05, 0) is 32.1 Å². The molecule has 0 saturated carbocycles. The molecule has 0 aromatic heterocycles. The molecule has 0 rings (SSSR count). The maximum absolute atomic E-state index is 10.1. The van der Waals surface area contributed by atoms with E-state index in [2.05, 4.69) is 0 Å². The highest BCUT2D eigenvalue weighted by Gasteiger charge is 2.29. The Hall–Kier alpha value is -0.200. The maximum atomic E-state index is 10.1. The molecule has 1 unspecified atom stereocenters. The Morgan fingerprint density at radius 2 is 1.17 bits per heavy atom. The van der Waals surface area contributed by atoms with E-state index < -0.39 is 11.5 Å². The molecule has 0 radical (unpaired) electrons. The fourth-order valence-electron chi connectivity index (χ4n) is 2.99. The zero-order valence-corrected chi connectivity index (χ0v) is 15.0. The van der Waals surface area contributed by atoms with Crippen molar-refractivity contribution >= 4 is 0 Å². The molecular formula is C18H38O5. The first-order valence-corrected chi connectivity index (χ1v) is 9.08. The smallest absolute Gasteiger partial charge is 0.0547 e. The molecule has 0 aliphatic carbocycles. The molecule has 0 spiro atoms. The molecule has 0 aromatic carbocycles. The lowest BCUT2D eigenvalue weighted by atomic mass is 9.80. The topological polar surface area (TPSA) is 101 Å². The van der Waals surface area contributed by atoms with E-state index in [0.717, 1.165) is 38.5 Å². The molecule has 5 N–H and O–H groups in total. The van der Waals surface area contributed by atoms with Crippen LogP contribution in [0.3, 0.4) is 0 Å². The third kappa shape index (κ3) is 7.94. The number of aliphatic hydroxyl groups excluding tert-OH is 5. The number of rotatable bonds is 15. The van der Waals surface area contributed by atoms with Gasteiger partial charge >= 0.3 is 0 Å². The van der Waals surface area contributed by atoms with Crippen LogP contribution in [0.25, 0.3) is 0 Å². The number of hydrogen-bond acceptors (Lipinski definition) is 5. The molecule has 0 aliphatic heterocycles. The van der Waals surface area contributed by atoms with Gasteiger partial charge in [0.15, 0.2) is 0 Å². The standard InChI is InChI=1S/C18H38O5/c1-3-17(12-19,13-20)10-8-6-5-7-9-16(23)11-18(4-2,14-21)15-22/h16,19-23H,3-15H2,1-2H3. The molecule has 5 nitrogen and oxygen atoms in total. The molecule has 0 heterocycles. The summed E-state index contributed by atoms with van der Waals surface area (Å²) in [6.45, 7) is 3.77. The quantitative estimate of drug-likeness (QED) is 0.294. The lowest BCUT2D eigenvalue weighted by molar-refractivity contribution is 0.000976. The van der Waals surface area contributed by atoms with Gasteiger partial charge in [-0.1, -0.05) is 39.5 Å². The van der Waals surface area contributed by atoms with E-state index >= 15 is 0 Å². The highest BCUT2D eigenvalue weighted by atomic mass is 16.3. The minimum Gasteiger partial charge on any atom is -0.396 e. The normalized spacial score (nSPS) is 14.2. The van der Waals surface area contributed by atoms with Crippen molar-refractivity contribution in [2.75, 3.05) is 26.4 Å². The van der Waals surface area contributed by atoms with Crippen LogP contribution in [-0.2, 0) is 0 Å². The van der Waals surface area contributed by atoms with Gasteiger partial charge in [-0.15, -0.1) is 0 Å². The lowest BCUT2D eigenvalue weighted by Crippen LogP contribution is -2.33. The summed E-state index contributed by atoms with van der Waals surface area (Å²) in [5.41, 5.74) is -0.912. The molecule has 140 valence electrons. The predicted molar refractivity (Wildman–Crippen MR) is 92.1 cm³/mol. The van der Waals surface area contributed by atoms with Crippen molar-refractivity contribution in [3.63, 3.8) is 0 Å². The van der Waals surface area contributed by atoms with Crippen LogP contribution in [-0.4, -0.2) is 58.1 Å². The Kier molecular flexibility index (Phi) is 12.1. The van der Waals surface area contributed by atoms with Crippen LogP contribution in [0.2, 0.25) is 0 Å². The van der Waals surface area contributed by atoms with E-state index in [-0.39, 0.29) is 31.8 Å². The second-order valence-corrected chi connectivity index (χ2v) is 7.15. The van der Waals surface area contributed by atoms with Crippen LogP contribution >= 0.6 is 0 Å². The summed E-state index contributed by atoms with van der Waals surface area (Å²) in [5.74, 6) is 0. The molecular weight excluding hydrogens is 296 g/mol. The first-order valence-electron chi connectivity index (χ1n) is 9.08. The maximum Gasteiger partial charge on any atom is 0.0547 e. The van der Waals surface area contributed by atoms with Crippen molar-refractivity contribution in [1.82, 2.24) is 0 Å². The van der Waals surface area contributed by atoms with Gasteiger partial charge in [-0.25, -0.2) is 0 Å². The van der Waals surface area contributed by atoms with Gasteiger partial charge in [0.2, 0.25) is 0 Å². The van der Waals surface area contributed by atoms with E-state index in [1.165, 1.54) is 0 Å². The molecule has 0 amide bonds. The summed E-state index contributed by atoms with van der Waals surface area (Å²) in [4.78, 5) is 0. The summed E-state index contributed by atoms with van der Waals surface area (Å²) < 4.78 is 0. The second kappa shape index (κ2) is 12.2. The third-order valence-electron chi connectivity index (χ3n) is 5.50. The SMILES string of the molecule is CCC(CO)(CO)CCCCCCC(O)CC(CC)(CO)CO. The summed E-state index contributed by atoms with van der Waals surface area (Å²) in [6.07, 6.45) is 6.79. The number of aliphatic hydroxyl groups is 5. The minimum absolute atomic E-state index is 0.0279. The minimum atomic E-state index is -0.567. The van der Waals surface area contributed by atoms with Gasteiger partial charge in [-0.2, -0.15) is 0 Å². The van der Waals surface area contributed by atoms with Gasteiger partial charge in [0.25, 0.3) is 0 Å². The largest absolute Gasteiger partial charge is 0.396 e. The molecule has 0 bridgehead atoms. The summed E-state index contributed by atoms with van der Waals surface area (Å²) in [5, 5.41) is 47.7. The van der Waals surface area contributed by atoms with Gasteiger partial charge in [0, 0.05) is 10.8 Å². The Balaban J connectivity index is 3.91. The number of hydrogen-bond donors (Lipinski definition) is 5. The van der Waals surface area contributed by atoms with Crippen molar-refractivity contribution in [2.24, 2.45) is 10.8 Å². The van der Waals surface area contributed by atoms with Crippen LogP contribution in [0.15, 0.2) is 0 Å². The summed E-state index contributed by atoms with van der Waals surface area (Å²) in [6, 6.07) is 0. The summed E-state index contributed by atoms with van der Waals surface area (Å²) in [7, 11) is 0. The Morgan fingerprint density at radius 1 is 0.696 bits per heavy atom. The van der Waals surface area contributed by atoms with Gasteiger partial charge < -0.3 is 25.5 Å². The van der Waals surface area contributed by atoms with Crippen molar-refractivity contribution in [3.8, 4) is 0 Å². The first kappa shape index (κ1) is 22.8. The fourth-order valence-corrected chi connectivity index (χ4v) is 2.99. The molecule has 5 heteroatoms. The van der Waals surface area contributed by atoms with E-state index in [1.807, 2.05) is 13.8 Å². The van der Waals surface area contributed by atoms with Crippen LogP contribution in [0.1, 0.15) is 71.6 Å². The fraction of sp³-hybridized carbons (Fsp3) is 1.00. The van der Waals surface area contributed by atoms with Crippen molar-refractivity contribution < 1.29 is 25.5 Å². The zero-order chi connectivity index (χ0) is 17.8. The molecule has 1 atom stereocenters. The highest BCUT2D eigenvalue weighted by molar-refractivity contribution is 4.80. The van der Waals surface area contributed by atoms with E-state index in [9.17, 15) is 25.5 Å². The second-order valence-electron chi connectivity index (χ2n) is 7.15. The van der Waals surface area contributed by atoms with Gasteiger partial charge in [-0.3, -0.25) is 0 Å². The third-order valence-corrected chi connectivity index (χ3v) is 5.50. The predicted octanol–water partition coefficient (Wildman–Crippen LogP) is 1.84. The molecule has 0 fully saturated rings. The average molecular weight is 334 g/mol. The van der Waals surface area contributed by atoms with E-state index in [0.29, 0.717) is 19.3 Å². The van der Waals surface area contributed by atoms with Gasteiger partial charge in [0.05, 0.1) is 32.5 Å². The van der Waals surface area contributed by atoms with Gasteiger partial charge in [0.1, 0.15) is 0 Å². The van der Waals surface area contributed by atoms with E-state index in [4.69, 9.17) is 0 Å². The van der Waals surface area contributed by atoms with Crippen LogP contribution in [0.4, 0.5) is 0 Å². The van der Waals surface area contributed by atoms with E-state index in [1.54, 1.807) is 0 Å². The van der Waals surface area contributed by atoms with Crippen molar-refractivity contribution in [3.05, 3.63) is 0 Å².